The molecule has 2 atom stereocenters. The molecule has 2 aromatic rings. The van der Waals surface area contributed by atoms with Gasteiger partial charge < -0.3 is 5.73 Å². The molecule has 2 unspecified atom stereocenters. The minimum Gasteiger partial charge on any atom is -0.329 e. The molecular weight excluding hydrogens is 264 g/mol. The maximum atomic E-state index is 6.01. The van der Waals surface area contributed by atoms with Gasteiger partial charge >= 0.3 is 0 Å². The summed E-state index contributed by atoms with van der Waals surface area (Å²) in [6.07, 6.45) is 3.90. The Hall–Kier alpha value is -0.900. The minimum atomic E-state index is 0.562. The number of likely N-dealkylation sites (tertiary alicyclic amines) is 1. The lowest BCUT2D eigenvalue weighted by atomic mass is 9.88. The summed E-state index contributed by atoms with van der Waals surface area (Å²) >= 11 is 1.86. The van der Waals surface area contributed by atoms with E-state index in [1.807, 2.05) is 11.3 Å². The Bertz CT molecular complexity index is 563. The molecule has 1 aromatic carbocycles. The number of hydrogen-bond donors (Lipinski definition) is 1. The van der Waals surface area contributed by atoms with Crippen molar-refractivity contribution in [1.29, 1.82) is 0 Å². The van der Waals surface area contributed by atoms with Crippen LogP contribution in [-0.2, 0) is 6.54 Å². The molecule has 0 spiro atoms. The van der Waals surface area contributed by atoms with Gasteiger partial charge in [-0.25, -0.2) is 0 Å². The van der Waals surface area contributed by atoms with Crippen molar-refractivity contribution in [3.8, 4) is 0 Å². The number of piperidine rings is 1. The topological polar surface area (TPSA) is 29.3 Å². The first-order valence-corrected chi connectivity index (χ1v) is 8.59. The van der Waals surface area contributed by atoms with Gasteiger partial charge in [-0.3, -0.25) is 4.90 Å². The number of benzene rings is 1. The average molecular weight is 288 g/mol. The number of fused-ring (bicyclic) bond motifs is 1. The van der Waals surface area contributed by atoms with E-state index >= 15 is 0 Å². The van der Waals surface area contributed by atoms with E-state index in [0.717, 1.165) is 19.0 Å². The molecule has 1 aromatic heterocycles. The Morgan fingerprint density at radius 1 is 1.35 bits per heavy atom. The normalized spacial score (nSPS) is 24.3. The second-order valence-corrected chi connectivity index (χ2v) is 6.83. The van der Waals surface area contributed by atoms with Gasteiger partial charge in [0, 0.05) is 23.8 Å². The number of hydrogen-bond acceptors (Lipinski definition) is 3. The Labute approximate surface area is 125 Å². The van der Waals surface area contributed by atoms with Crippen molar-refractivity contribution in [2.75, 3.05) is 13.1 Å². The molecule has 3 heteroatoms. The zero-order valence-electron chi connectivity index (χ0n) is 12.2. The third-order valence-electron chi connectivity index (χ3n) is 4.73. The maximum absolute atomic E-state index is 6.01. The number of rotatable bonds is 4. The molecule has 108 valence electrons. The van der Waals surface area contributed by atoms with Gasteiger partial charge in [0.2, 0.25) is 0 Å². The fraction of sp³-hybridized carbons (Fsp3) is 0.529. The summed E-state index contributed by atoms with van der Waals surface area (Å²) in [6, 6.07) is 9.29. The van der Waals surface area contributed by atoms with E-state index in [1.165, 1.54) is 41.5 Å². The molecular formula is C17H24N2S. The minimum absolute atomic E-state index is 0.562. The van der Waals surface area contributed by atoms with Crippen LogP contribution >= 0.6 is 11.3 Å². The zero-order chi connectivity index (χ0) is 13.9. The molecule has 1 aliphatic heterocycles. The summed E-state index contributed by atoms with van der Waals surface area (Å²) in [5.74, 6) is 0.874. The molecule has 2 N–H and O–H groups in total. The van der Waals surface area contributed by atoms with E-state index in [9.17, 15) is 0 Å². The van der Waals surface area contributed by atoms with Gasteiger partial charge in [0.1, 0.15) is 0 Å². The van der Waals surface area contributed by atoms with Crippen molar-refractivity contribution in [2.24, 2.45) is 11.7 Å². The van der Waals surface area contributed by atoms with Crippen molar-refractivity contribution in [2.45, 2.75) is 38.8 Å². The highest BCUT2D eigenvalue weighted by atomic mass is 32.1. The third-order valence-corrected chi connectivity index (χ3v) is 5.74. The van der Waals surface area contributed by atoms with E-state index in [0.29, 0.717) is 6.04 Å². The highest BCUT2D eigenvalue weighted by Crippen LogP contribution is 2.30. The molecule has 20 heavy (non-hydrogen) atoms. The quantitative estimate of drug-likeness (QED) is 0.926. The van der Waals surface area contributed by atoms with Gasteiger partial charge in [-0.05, 0) is 47.7 Å². The number of nitrogens with zero attached hydrogens (tertiary/aromatic N) is 1. The highest BCUT2D eigenvalue weighted by Gasteiger charge is 2.26. The second-order valence-electron chi connectivity index (χ2n) is 5.92. The van der Waals surface area contributed by atoms with Crippen LogP contribution in [0.15, 0.2) is 29.6 Å². The Morgan fingerprint density at radius 2 is 2.20 bits per heavy atom. The van der Waals surface area contributed by atoms with Crippen LogP contribution in [0, 0.1) is 5.92 Å². The Kier molecular flexibility index (Phi) is 4.39. The predicted molar refractivity (Wildman–Crippen MR) is 88.1 cm³/mol. The molecule has 1 saturated heterocycles. The van der Waals surface area contributed by atoms with Crippen molar-refractivity contribution in [3.05, 3.63) is 35.2 Å². The number of nitrogens with two attached hydrogens (primary N) is 1. The zero-order valence-corrected chi connectivity index (χ0v) is 13.0. The van der Waals surface area contributed by atoms with E-state index in [1.54, 1.807) is 0 Å². The van der Waals surface area contributed by atoms with Crippen LogP contribution in [-0.4, -0.2) is 24.0 Å². The van der Waals surface area contributed by atoms with Crippen LogP contribution in [0.2, 0.25) is 0 Å². The Balaban J connectivity index is 1.76. The monoisotopic (exact) mass is 288 g/mol. The molecule has 0 radical (unpaired) electrons. The predicted octanol–water partition coefficient (Wildman–Crippen LogP) is 3.85. The van der Waals surface area contributed by atoms with E-state index in [4.69, 9.17) is 5.73 Å². The molecule has 2 heterocycles. The highest BCUT2D eigenvalue weighted by molar-refractivity contribution is 7.17. The van der Waals surface area contributed by atoms with Crippen LogP contribution in [0.5, 0.6) is 0 Å². The van der Waals surface area contributed by atoms with E-state index in [2.05, 4.69) is 41.5 Å². The first-order chi connectivity index (χ1) is 9.81. The molecule has 3 rings (SSSR count). The van der Waals surface area contributed by atoms with Gasteiger partial charge in [0.15, 0.2) is 0 Å². The Morgan fingerprint density at radius 3 is 3.00 bits per heavy atom. The first-order valence-electron chi connectivity index (χ1n) is 7.71. The van der Waals surface area contributed by atoms with E-state index < -0.39 is 0 Å². The summed E-state index contributed by atoms with van der Waals surface area (Å²) < 4.78 is 1.40. The molecule has 1 fully saturated rings. The summed E-state index contributed by atoms with van der Waals surface area (Å²) in [5.41, 5.74) is 7.48. The fourth-order valence-corrected chi connectivity index (χ4v) is 4.33. The second kappa shape index (κ2) is 6.25. The van der Waals surface area contributed by atoms with Gasteiger partial charge in [-0.1, -0.05) is 31.5 Å². The molecule has 0 amide bonds. The van der Waals surface area contributed by atoms with Gasteiger partial charge in [-0.15, -0.1) is 11.3 Å². The average Bonchev–Trinajstić information content (AvgIpc) is 2.91. The van der Waals surface area contributed by atoms with Crippen LogP contribution in [0.1, 0.15) is 31.7 Å². The number of thiophene rings is 1. The summed E-state index contributed by atoms with van der Waals surface area (Å²) in [4.78, 5) is 2.60. The molecule has 1 aliphatic rings. The summed E-state index contributed by atoms with van der Waals surface area (Å²) in [6.45, 7) is 5.35. The van der Waals surface area contributed by atoms with Crippen LogP contribution in [0.25, 0.3) is 10.1 Å². The van der Waals surface area contributed by atoms with Crippen LogP contribution in [0.4, 0.5) is 0 Å². The lowest BCUT2D eigenvalue weighted by molar-refractivity contribution is 0.108. The third kappa shape index (κ3) is 2.76. The summed E-state index contributed by atoms with van der Waals surface area (Å²) in [5, 5.41) is 3.75. The summed E-state index contributed by atoms with van der Waals surface area (Å²) in [7, 11) is 0. The van der Waals surface area contributed by atoms with Crippen LogP contribution < -0.4 is 5.73 Å². The molecule has 0 bridgehead atoms. The fourth-order valence-electron chi connectivity index (χ4n) is 3.38. The van der Waals surface area contributed by atoms with Gasteiger partial charge in [-0.2, -0.15) is 0 Å². The maximum Gasteiger partial charge on any atom is 0.0346 e. The first kappa shape index (κ1) is 14.1. The van der Waals surface area contributed by atoms with Crippen molar-refractivity contribution in [1.82, 2.24) is 4.90 Å². The van der Waals surface area contributed by atoms with Crippen molar-refractivity contribution >= 4 is 21.4 Å². The van der Waals surface area contributed by atoms with Gasteiger partial charge in [0.25, 0.3) is 0 Å². The standard InChI is InChI=1S/C17H24N2S/c1-2-13-7-8-19(15(9-13)10-18)11-14-12-20-17-6-4-3-5-16(14)17/h3-6,12-13,15H,2,7-11,18H2,1H3. The molecule has 0 aliphatic carbocycles. The van der Waals surface area contributed by atoms with Crippen molar-refractivity contribution in [3.63, 3.8) is 0 Å². The molecule has 2 nitrogen and oxygen atoms in total. The molecule has 0 saturated carbocycles. The lowest BCUT2D eigenvalue weighted by Gasteiger charge is -2.38. The van der Waals surface area contributed by atoms with Gasteiger partial charge in [0.05, 0.1) is 0 Å². The SMILES string of the molecule is CCC1CCN(Cc2csc3ccccc23)C(CN)C1. The van der Waals surface area contributed by atoms with E-state index in [-0.39, 0.29) is 0 Å². The smallest absolute Gasteiger partial charge is 0.0346 e. The van der Waals surface area contributed by atoms with Crippen LogP contribution in [0.3, 0.4) is 0 Å². The lowest BCUT2D eigenvalue weighted by Crippen LogP contribution is -2.45. The largest absolute Gasteiger partial charge is 0.329 e. The van der Waals surface area contributed by atoms with Crippen molar-refractivity contribution < 1.29 is 0 Å².